The molecule has 6 aromatic carbocycles. The minimum Gasteiger partial charge on any atom is -0.309 e. The lowest BCUT2D eigenvalue weighted by Gasteiger charge is -2.15. The molecular formula is C38H28N2. The monoisotopic (exact) mass is 512 g/mol. The third-order valence-corrected chi connectivity index (χ3v) is 8.22. The molecule has 0 N–H and O–H groups in total. The first-order chi connectivity index (χ1) is 19.7. The fourth-order valence-corrected chi connectivity index (χ4v) is 6.41. The predicted octanol–water partition coefficient (Wildman–Crippen LogP) is 10.2. The molecule has 0 saturated carbocycles. The molecule has 0 atom stereocenters. The summed E-state index contributed by atoms with van der Waals surface area (Å²) in [7, 11) is 0. The molecule has 2 aromatic heterocycles. The number of benzene rings is 6. The van der Waals surface area contributed by atoms with Gasteiger partial charge in [0.15, 0.2) is 0 Å². The Balaban J connectivity index is 1.42. The molecule has 2 heterocycles. The van der Waals surface area contributed by atoms with E-state index >= 15 is 0 Å². The molecule has 0 unspecified atom stereocenters. The molecule has 0 radical (unpaired) electrons. The number of aromatic nitrogens is 2. The summed E-state index contributed by atoms with van der Waals surface area (Å²) in [6.07, 6.45) is 0. The Morgan fingerprint density at radius 3 is 1.75 bits per heavy atom. The summed E-state index contributed by atoms with van der Waals surface area (Å²) >= 11 is 0. The Hall–Kier alpha value is -5.08. The average molecular weight is 513 g/mol. The summed E-state index contributed by atoms with van der Waals surface area (Å²) in [6.45, 7) is 4.35. The van der Waals surface area contributed by atoms with Crippen LogP contribution in [0.5, 0.6) is 0 Å². The quantitative estimate of drug-likeness (QED) is 0.223. The molecule has 0 fully saturated rings. The van der Waals surface area contributed by atoms with Gasteiger partial charge in [-0.3, -0.25) is 0 Å². The number of aryl methyl sites for hydroxylation is 2. The van der Waals surface area contributed by atoms with Gasteiger partial charge in [-0.25, -0.2) is 0 Å². The summed E-state index contributed by atoms with van der Waals surface area (Å²) in [6, 6.07) is 48.8. The third-order valence-electron chi connectivity index (χ3n) is 8.22. The number of hydrogen-bond acceptors (Lipinski definition) is 0. The first-order valence-electron chi connectivity index (χ1n) is 13.9. The SMILES string of the molecule is Cc1ccc2c3ccc(C)cc3n(-c3ccccc3-c3ccc4c(c3)c3ccccc3n4-c3ccccc3)c2c1. The van der Waals surface area contributed by atoms with Crippen LogP contribution in [-0.4, -0.2) is 9.13 Å². The second-order valence-corrected chi connectivity index (χ2v) is 10.8. The lowest BCUT2D eigenvalue weighted by molar-refractivity contribution is 1.17. The lowest BCUT2D eigenvalue weighted by atomic mass is 10.0. The Morgan fingerprint density at radius 1 is 0.400 bits per heavy atom. The molecule has 190 valence electrons. The van der Waals surface area contributed by atoms with E-state index < -0.39 is 0 Å². The van der Waals surface area contributed by atoms with Crippen LogP contribution in [-0.2, 0) is 0 Å². The molecule has 8 rings (SSSR count). The van der Waals surface area contributed by atoms with E-state index in [1.807, 2.05) is 0 Å². The molecule has 0 aliphatic heterocycles. The van der Waals surface area contributed by atoms with Gasteiger partial charge in [0.2, 0.25) is 0 Å². The second-order valence-electron chi connectivity index (χ2n) is 10.8. The maximum absolute atomic E-state index is 2.46. The highest BCUT2D eigenvalue weighted by Crippen LogP contribution is 2.39. The van der Waals surface area contributed by atoms with Crippen molar-refractivity contribution in [1.29, 1.82) is 0 Å². The molecule has 2 heteroatoms. The van der Waals surface area contributed by atoms with Crippen LogP contribution in [0.15, 0.2) is 133 Å². The van der Waals surface area contributed by atoms with Crippen molar-refractivity contribution in [1.82, 2.24) is 9.13 Å². The molecule has 40 heavy (non-hydrogen) atoms. The van der Waals surface area contributed by atoms with E-state index in [1.165, 1.54) is 77.2 Å². The zero-order valence-electron chi connectivity index (χ0n) is 22.6. The van der Waals surface area contributed by atoms with Gasteiger partial charge in [0.05, 0.1) is 27.8 Å². The molecule has 2 nitrogen and oxygen atoms in total. The maximum Gasteiger partial charge on any atom is 0.0543 e. The zero-order valence-corrected chi connectivity index (χ0v) is 22.6. The van der Waals surface area contributed by atoms with Gasteiger partial charge in [-0.05, 0) is 79.1 Å². The van der Waals surface area contributed by atoms with Crippen molar-refractivity contribution < 1.29 is 0 Å². The van der Waals surface area contributed by atoms with Gasteiger partial charge in [-0.2, -0.15) is 0 Å². The van der Waals surface area contributed by atoms with Crippen LogP contribution in [0, 0.1) is 13.8 Å². The lowest BCUT2D eigenvalue weighted by Crippen LogP contribution is -1.97. The van der Waals surface area contributed by atoms with Crippen LogP contribution < -0.4 is 0 Å². The van der Waals surface area contributed by atoms with Crippen molar-refractivity contribution >= 4 is 43.6 Å². The largest absolute Gasteiger partial charge is 0.309 e. The van der Waals surface area contributed by atoms with E-state index in [0.29, 0.717) is 0 Å². The summed E-state index contributed by atoms with van der Waals surface area (Å²) < 4.78 is 4.83. The van der Waals surface area contributed by atoms with Gasteiger partial charge in [0.25, 0.3) is 0 Å². The average Bonchev–Trinajstić information content (AvgIpc) is 3.49. The van der Waals surface area contributed by atoms with Crippen LogP contribution in [0.2, 0.25) is 0 Å². The number of nitrogens with zero attached hydrogens (tertiary/aromatic N) is 2. The molecule has 0 saturated heterocycles. The van der Waals surface area contributed by atoms with Crippen LogP contribution in [0.1, 0.15) is 11.1 Å². The van der Waals surface area contributed by atoms with Crippen molar-refractivity contribution in [3.63, 3.8) is 0 Å². The van der Waals surface area contributed by atoms with Crippen molar-refractivity contribution in [3.8, 4) is 22.5 Å². The van der Waals surface area contributed by atoms with E-state index in [9.17, 15) is 0 Å². The minimum absolute atomic E-state index is 1.18. The Labute approximate surface area is 233 Å². The summed E-state index contributed by atoms with van der Waals surface area (Å²) in [5, 5.41) is 5.11. The topological polar surface area (TPSA) is 9.86 Å². The summed E-state index contributed by atoms with van der Waals surface area (Å²) in [5.41, 5.74) is 12.3. The Kier molecular flexibility index (Phi) is 4.99. The normalized spacial score (nSPS) is 11.8. The zero-order chi connectivity index (χ0) is 26.8. The molecule has 0 aliphatic rings. The van der Waals surface area contributed by atoms with Crippen molar-refractivity contribution in [2.24, 2.45) is 0 Å². The standard InChI is InChI=1S/C38H28N2/c1-25-16-19-31-32-20-17-26(2)23-38(32)40(37(31)22-25)34-14-8-6-12-29(34)27-18-21-36-33(24-27)30-13-7-9-15-35(30)39(36)28-10-4-3-5-11-28/h3-24H,1-2H3. The number of fused-ring (bicyclic) bond motifs is 6. The molecule has 0 amide bonds. The number of hydrogen-bond donors (Lipinski definition) is 0. The molecule has 8 aromatic rings. The van der Waals surface area contributed by atoms with Crippen LogP contribution >= 0.6 is 0 Å². The van der Waals surface area contributed by atoms with E-state index in [0.717, 1.165) is 0 Å². The van der Waals surface area contributed by atoms with Gasteiger partial charge in [-0.1, -0.05) is 84.9 Å². The minimum atomic E-state index is 1.18. The highest BCUT2D eigenvalue weighted by atomic mass is 15.0. The second kappa shape index (κ2) is 8.72. The highest BCUT2D eigenvalue weighted by molar-refractivity contribution is 6.12. The Bertz CT molecular complexity index is 2170. The van der Waals surface area contributed by atoms with E-state index in [2.05, 4.69) is 156 Å². The first-order valence-corrected chi connectivity index (χ1v) is 13.9. The fraction of sp³-hybridized carbons (Fsp3) is 0.0526. The first kappa shape index (κ1) is 22.9. The van der Waals surface area contributed by atoms with Gasteiger partial charge < -0.3 is 9.13 Å². The van der Waals surface area contributed by atoms with E-state index in [1.54, 1.807) is 0 Å². The molecule has 0 bridgehead atoms. The summed E-state index contributed by atoms with van der Waals surface area (Å²) in [5.74, 6) is 0. The Morgan fingerprint density at radius 2 is 1.00 bits per heavy atom. The summed E-state index contributed by atoms with van der Waals surface area (Å²) in [4.78, 5) is 0. The van der Waals surface area contributed by atoms with Crippen molar-refractivity contribution in [3.05, 3.63) is 145 Å². The van der Waals surface area contributed by atoms with Crippen LogP contribution in [0.25, 0.3) is 66.1 Å². The van der Waals surface area contributed by atoms with Gasteiger partial charge in [0.1, 0.15) is 0 Å². The van der Waals surface area contributed by atoms with Gasteiger partial charge in [0, 0.05) is 32.8 Å². The van der Waals surface area contributed by atoms with Crippen molar-refractivity contribution in [2.75, 3.05) is 0 Å². The van der Waals surface area contributed by atoms with Crippen LogP contribution in [0.3, 0.4) is 0 Å². The number of rotatable bonds is 3. The number of para-hydroxylation sites is 3. The van der Waals surface area contributed by atoms with E-state index in [-0.39, 0.29) is 0 Å². The molecular weight excluding hydrogens is 484 g/mol. The van der Waals surface area contributed by atoms with Crippen LogP contribution in [0.4, 0.5) is 0 Å². The smallest absolute Gasteiger partial charge is 0.0543 e. The van der Waals surface area contributed by atoms with Gasteiger partial charge >= 0.3 is 0 Å². The van der Waals surface area contributed by atoms with Crippen molar-refractivity contribution in [2.45, 2.75) is 13.8 Å². The van der Waals surface area contributed by atoms with Gasteiger partial charge in [-0.15, -0.1) is 0 Å². The predicted molar refractivity (Wildman–Crippen MR) is 170 cm³/mol. The third kappa shape index (κ3) is 3.36. The molecule has 0 spiro atoms. The molecule has 0 aliphatic carbocycles. The fourth-order valence-electron chi connectivity index (χ4n) is 6.41. The maximum atomic E-state index is 2.46. The highest BCUT2D eigenvalue weighted by Gasteiger charge is 2.18. The van der Waals surface area contributed by atoms with E-state index in [4.69, 9.17) is 0 Å².